The van der Waals surface area contributed by atoms with Crippen LogP contribution in [-0.4, -0.2) is 26.4 Å². The van der Waals surface area contributed by atoms with E-state index < -0.39 is 16.1 Å². The lowest BCUT2D eigenvalue weighted by Gasteiger charge is -2.23. The Morgan fingerprint density at radius 1 is 1.14 bits per heavy atom. The number of fused-ring (bicyclic) bond motifs is 2. The predicted molar refractivity (Wildman–Crippen MR) is 116 cm³/mol. The number of ether oxygens (including phenoxy) is 1. The molecule has 0 radical (unpaired) electrons. The van der Waals surface area contributed by atoms with Gasteiger partial charge in [-0.05, 0) is 65.4 Å². The van der Waals surface area contributed by atoms with E-state index in [9.17, 15) is 13.2 Å². The van der Waals surface area contributed by atoms with Crippen molar-refractivity contribution in [3.63, 3.8) is 0 Å². The van der Waals surface area contributed by atoms with Crippen LogP contribution in [0.3, 0.4) is 0 Å². The van der Waals surface area contributed by atoms with E-state index in [1.54, 1.807) is 48.7 Å². The number of anilines is 1. The molecule has 2 aliphatic rings. The number of benzene rings is 2. The third-order valence-electron chi connectivity index (χ3n) is 4.77. The van der Waals surface area contributed by atoms with Crippen molar-refractivity contribution in [1.82, 2.24) is 0 Å². The number of nitrogens with zero attached hydrogens (tertiary/aromatic N) is 1. The summed E-state index contributed by atoms with van der Waals surface area (Å²) in [5.41, 5.74) is 2.18. The summed E-state index contributed by atoms with van der Waals surface area (Å²) in [6.07, 6.45) is 4.40. The van der Waals surface area contributed by atoms with E-state index in [0.717, 1.165) is 9.13 Å². The molecule has 1 saturated heterocycles. The maximum absolute atomic E-state index is 13.5. The van der Waals surface area contributed by atoms with E-state index in [-0.39, 0.29) is 16.8 Å². The quantitative estimate of drug-likeness (QED) is 0.588. The van der Waals surface area contributed by atoms with Gasteiger partial charge >= 0.3 is 0 Å². The van der Waals surface area contributed by atoms with Crippen LogP contribution < -0.4 is 4.31 Å². The van der Waals surface area contributed by atoms with Crippen molar-refractivity contribution in [1.29, 1.82) is 0 Å². The van der Waals surface area contributed by atoms with Crippen molar-refractivity contribution in [2.45, 2.75) is 30.4 Å². The summed E-state index contributed by atoms with van der Waals surface area (Å²) in [5, 5.41) is 0. The molecule has 5 nitrogen and oxygen atoms in total. The Morgan fingerprint density at radius 2 is 1.86 bits per heavy atom. The van der Waals surface area contributed by atoms with Gasteiger partial charge in [0.2, 0.25) is 0 Å². The lowest BCUT2D eigenvalue weighted by molar-refractivity contribution is -0.124. The number of halogens is 1. The van der Waals surface area contributed by atoms with Crippen LogP contribution in [-0.2, 0) is 19.6 Å². The Kier molecular flexibility index (Phi) is 5.15. The molecule has 0 aromatic heterocycles. The average molecular weight is 507 g/mol. The minimum Gasteiger partial charge on any atom is -0.358 e. The molecule has 144 valence electrons. The molecular weight excluding hydrogens is 489 g/mol. The minimum atomic E-state index is -3.86. The fourth-order valence-electron chi connectivity index (χ4n) is 3.30. The number of ketones is 1. The molecule has 0 N–H and O–H groups in total. The third kappa shape index (κ3) is 3.54. The van der Waals surface area contributed by atoms with Crippen LogP contribution >= 0.6 is 22.6 Å². The summed E-state index contributed by atoms with van der Waals surface area (Å²) in [7, 11) is -3.86. The van der Waals surface area contributed by atoms with E-state index >= 15 is 0 Å². The minimum absolute atomic E-state index is 0.157. The van der Waals surface area contributed by atoms with Crippen LogP contribution in [0.5, 0.6) is 0 Å². The molecule has 0 spiro atoms. The first-order valence-corrected chi connectivity index (χ1v) is 11.3. The molecule has 7 heteroatoms. The Bertz CT molecular complexity index is 1090. The molecular formula is C21H18INO4S. The van der Waals surface area contributed by atoms with Crippen LogP contribution in [0, 0.1) is 10.5 Å². The van der Waals surface area contributed by atoms with E-state index in [1.165, 1.54) is 10.4 Å². The normalized spacial score (nSPS) is 22.6. The van der Waals surface area contributed by atoms with Gasteiger partial charge in [-0.3, -0.25) is 4.79 Å². The molecule has 2 aromatic carbocycles. The Morgan fingerprint density at radius 3 is 2.57 bits per heavy atom. The van der Waals surface area contributed by atoms with E-state index in [2.05, 4.69) is 22.6 Å². The summed E-state index contributed by atoms with van der Waals surface area (Å²) >= 11 is 2.12. The zero-order chi connectivity index (χ0) is 19.9. The van der Waals surface area contributed by atoms with Gasteiger partial charge in [0.1, 0.15) is 6.10 Å². The molecule has 0 saturated carbocycles. The van der Waals surface area contributed by atoms with Crippen LogP contribution in [0.1, 0.15) is 12.0 Å². The second-order valence-corrected chi connectivity index (χ2v) is 9.77. The number of aryl methyl sites for hydroxylation is 1. The predicted octanol–water partition coefficient (Wildman–Crippen LogP) is 3.98. The Labute approximate surface area is 177 Å². The van der Waals surface area contributed by atoms with Crippen molar-refractivity contribution in [3.8, 4) is 0 Å². The highest BCUT2D eigenvalue weighted by atomic mass is 127. The van der Waals surface area contributed by atoms with Gasteiger partial charge in [-0.25, -0.2) is 12.7 Å². The first-order valence-electron chi connectivity index (χ1n) is 8.80. The first kappa shape index (κ1) is 19.4. The highest BCUT2D eigenvalue weighted by molar-refractivity contribution is 14.1. The first-order chi connectivity index (χ1) is 13.4. The van der Waals surface area contributed by atoms with Crippen molar-refractivity contribution >= 4 is 44.1 Å². The Balaban J connectivity index is 1.84. The van der Waals surface area contributed by atoms with Crippen molar-refractivity contribution < 1.29 is 17.9 Å². The molecule has 2 aliphatic heterocycles. The van der Waals surface area contributed by atoms with Gasteiger partial charge in [0.05, 0.1) is 16.7 Å². The number of sulfonamides is 1. The van der Waals surface area contributed by atoms with Gasteiger partial charge in [-0.15, -0.1) is 0 Å². The molecule has 28 heavy (non-hydrogen) atoms. The van der Waals surface area contributed by atoms with Crippen molar-refractivity contribution in [3.05, 3.63) is 81.6 Å². The lowest BCUT2D eigenvalue weighted by Crippen LogP contribution is -2.29. The number of para-hydroxylation sites is 1. The third-order valence-corrected chi connectivity index (χ3v) is 7.37. The van der Waals surface area contributed by atoms with Crippen LogP contribution in [0.2, 0.25) is 0 Å². The van der Waals surface area contributed by atoms with E-state index in [0.29, 0.717) is 17.7 Å². The summed E-state index contributed by atoms with van der Waals surface area (Å²) in [4.78, 5) is 12.4. The monoisotopic (exact) mass is 507 g/mol. The molecule has 2 bridgehead atoms. The number of carbonyl (C=O) groups excluding carboxylic acids is 1. The highest BCUT2D eigenvalue weighted by Gasteiger charge is 2.38. The largest absolute Gasteiger partial charge is 0.358 e. The number of carbonyl (C=O) groups is 1. The van der Waals surface area contributed by atoms with Crippen LogP contribution in [0.4, 0.5) is 5.69 Å². The number of rotatable bonds is 4. The molecule has 2 aromatic rings. The molecule has 2 unspecified atom stereocenters. The molecule has 0 aliphatic carbocycles. The summed E-state index contributed by atoms with van der Waals surface area (Å²) in [6, 6.07) is 14.0. The summed E-state index contributed by atoms with van der Waals surface area (Å²) in [5.74, 6) is -0.157. The summed E-state index contributed by atoms with van der Waals surface area (Å²) < 4.78 is 34.7. The fraction of sp³-hybridized carbons (Fsp3) is 0.190. The van der Waals surface area contributed by atoms with E-state index in [1.807, 2.05) is 19.1 Å². The van der Waals surface area contributed by atoms with Crippen molar-refractivity contribution in [2.75, 3.05) is 4.31 Å². The van der Waals surface area contributed by atoms with Crippen LogP contribution in [0.15, 0.2) is 77.4 Å². The summed E-state index contributed by atoms with van der Waals surface area (Å²) in [6.45, 7) is 1.91. The second kappa shape index (κ2) is 7.46. The molecule has 4 rings (SSSR count). The van der Waals surface area contributed by atoms with Gasteiger partial charge in [0.15, 0.2) is 5.78 Å². The molecule has 2 heterocycles. The second-order valence-electron chi connectivity index (χ2n) is 6.79. The van der Waals surface area contributed by atoms with Gasteiger partial charge in [-0.2, -0.15) is 0 Å². The van der Waals surface area contributed by atoms with E-state index in [4.69, 9.17) is 4.74 Å². The fourth-order valence-corrected chi connectivity index (χ4v) is 5.51. The van der Waals surface area contributed by atoms with Crippen LogP contribution in [0.25, 0.3) is 0 Å². The highest BCUT2D eigenvalue weighted by Crippen LogP contribution is 2.35. The lowest BCUT2D eigenvalue weighted by atomic mass is 10.1. The smallest absolute Gasteiger partial charge is 0.268 e. The molecule has 1 fully saturated rings. The zero-order valence-corrected chi connectivity index (χ0v) is 18.1. The number of hydrogen-bond acceptors (Lipinski definition) is 4. The maximum atomic E-state index is 13.5. The topological polar surface area (TPSA) is 63.7 Å². The van der Waals surface area contributed by atoms with Crippen molar-refractivity contribution in [2.24, 2.45) is 0 Å². The zero-order valence-electron chi connectivity index (χ0n) is 15.1. The Hall–Kier alpha value is -1.97. The average Bonchev–Trinajstić information content (AvgIpc) is 3.01. The van der Waals surface area contributed by atoms with Gasteiger partial charge in [0.25, 0.3) is 10.0 Å². The van der Waals surface area contributed by atoms with Gasteiger partial charge in [0, 0.05) is 16.2 Å². The molecule has 2 atom stereocenters. The van der Waals surface area contributed by atoms with Gasteiger partial charge < -0.3 is 4.74 Å². The maximum Gasteiger partial charge on any atom is 0.268 e. The SMILES string of the molecule is Cc1ccc(S(=O)(=O)N(/C=C2\CC3C=CC(=O)C2O3)c2ccccc2I)cc1. The van der Waals surface area contributed by atoms with Gasteiger partial charge in [-0.1, -0.05) is 35.9 Å². The number of hydrogen-bond donors (Lipinski definition) is 0. The standard InChI is InChI=1S/C21H18INO4S/c1-14-6-9-17(10-7-14)28(25,26)23(19-5-3-2-4-18(19)22)13-15-12-16-8-11-20(24)21(15)27-16/h2-11,13,16,21H,12H2,1H3/b15-13+. The molecule has 0 amide bonds.